The minimum Gasteiger partial charge on any atom is -0.350 e. The zero-order chi connectivity index (χ0) is 28.8. The summed E-state index contributed by atoms with van der Waals surface area (Å²) in [6.45, 7) is 4.94. The van der Waals surface area contributed by atoms with Crippen LogP contribution in [0.1, 0.15) is 31.9 Å². The lowest BCUT2D eigenvalue weighted by atomic mass is 10.0. The van der Waals surface area contributed by atoms with Gasteiger partial charge in [0.15, 0.2) is 0 Å². The van der Waals surface area contributed by atoms with Gasteiger partial charge in [0.2, 0.25) is 21.8 Å². The number of halogens is 2. The molecule has 7 nitrogen and oxygen atoms in total. The van der Waals surface area contributed by atoms with E-state index in [9.17, 15) is 18.0 Å². The Morgan fingerprint density at radius 3 is 1.92 bits per heavy atom. The molecule has 3 aromatic carbocycles. The summed E-state index contributed by atoms with van der Waals surface area (Å²) in [6, 6.07) is 21.7. The van der Waals surface area contributed by atoms with Gasteiger partial charge in [-0.3, -0.25) is 13.9 Å². The van der Waals surface area contributed by atoms with Crippen molar-refractivity contribution in [2.75, 3.05) is 17.1 Å². The van der Waals surface area contributed by atoms with E-state index in [2.05, 4.69) is 5.32 Å². The average Bonchev–Trinajstić information content (AvgIpc) is 2.85. The molecule has 0 saturated carbocycles. The summed E-state index contributed by atoms with van der Waals surface area (Å²) >= 11 is 12.9. The molecular formula is C29H33Cl2N3O4S. The Labute approximate surface area is 240 Å². The maximum atomic E-state index is 14.1. The molecule has 3 aromatic rings. The van der Waals surface area contributed by atoms with E-state index in [-0.39, 0.29) is 18.9 Å². The van der Waals surface area contributed by atoms with E-state index < -0.39 is 34.1 Å². The Morgan fingerprint density at radius 1 is 0.872 bits per heavy atom. The van der Waals surface area contributed by atoms with Gasteiger partial charge < -0.3 is 10.2 Å². The number of carbonyl (C=O) groups is 2. The molecule has 10 heteroatoms. The molecule has 39 heavy (non-hydrogen) atoms. The first-order valence-electron chi connectivity index (χ1n) is 12.4. The van der Waals surface area contributed by atoms with Gasteiger partial charge in [-0.15, -0.1) is 0 Å². The number of anilines is 1. The van der Waals surface area contributed by atoms with Gasteiger partial charge in [0.05, 0.1) is 11.9 Å². The molecule has 0 fully saturated rings. The second-order valence-corrected chi connectivity index (χ2v) is 13.0. The molecule has 0 bridgehead atoms. The molecule has 0 radical (unpaired) electrons. The van der Waals surface area contributed by atoms with Crippen LogP contribution in [0.5, 0.6) is 0 Å². The van der Waals surface area contributed by atoms with Crippen LogP contribution in [0.3, 0.4) is 0 Å². The number of carbonyl (C=O) groups excluding carboxylic acids is 2. The van der Waals surface area contributed by atoms with Gasteiger partial charge in [-0.25, -0.2) is 8.42 Å². The Kier molecular flexibility index (Phi) is 10.0. The summed E-state index contributed by atoms with van der Waals surface area (Å²) in [7, 11) is -3.84. The van der Waals surface area contributed by atoms with Gasteiger partial charge in [-0.1, -0.05) is 77.8 Å². The SMILES string of the molecule is CC(C)(C)NC(=O)[C@@H](Cc1ccccc1)N(Cc1c(Cl)cccc1Cl)C(=O)CN(c1ccccc1)S(C)(=O)=O. The Morgan fingerprint density at radius 2 is 1.41 bits per heavy atom. The maximum Gasteiger partial charge on any atom is 0.244 e. The standard InChI is InChI=1S/C29H33Cl2N3O4S/c1-29(2,3)32-28(36)26(18-21-12-7-5-8-13-21)33(19-23-24(30)16-11-17-25(23)31)27(35)20-34(39(4,37)38)22-14-9-6-10-15-22/h5-17,26H,18-20H2,1-4H3,(H,32,36)/t26-/m1/s1. The maximum absolute atomic E-state index is 14.1. The van der Waals surface area contributed by atoms with Crippen LogP contribution >= 0.6 is 23.2 Å². The van der Waals surface area contributed by atoms with Crippen LogP contribution in [0, 0.1) is 0 Å². The van der Waals surface area contributed by atoms with E-state index in [0.717, 1.165) is 16.1 Å². The lowest BCUT2D eigenvalue weighted by molar-refractivity contribution is -0.140. The third-order valence-electron chi connectivity index (χ3n) is 5.88. The van der Waals surface area contributed by atoms with Crippen molar-refractivity contribution >= 4 is 50.7 Å². The van der Waals surface area contributed by atoms with Crippen molar-refractivity contribution in [1.29, 1.82) is 0 Å². The van der Waals surface area contributed by atoms with Crippen LogP contribution in [0.4, 0.5) is 5.69 Å². The number of nitrogens with zero attached hydrogens (tertiary/aromatic N) is 2. The van der Waals surface area contributed by atoms with E-state index in [0.29, 0.717) is 21.3 Å². The largest absolute Gasteiger partial charge is 0.350 e. The van der Waals surface area contributed by atoms with Crippen molar-refractivity contribution in [3.8, 4) is 0 Å². The molecule has 1 N–H and O–H groups in total. The first kappa shape index (κ1) is 30.5. The summed E-state index contributed by atoms with van der Waals surface area (Å²) in [5.41, 5.74) is 1.05. The second-order valence-electron chi connectivity index (χ2n) is 10.3. The number of rotatable bonds is 10. The number of para-hydroxylation sites is 1. The van der Waals surface area contributed by atoms with Crippen molar-refractivity contribution in [3.63, 3.8) is 0 Å². The highest BCUT2D eigenvalue weighted by Gasteiger charge is 2.35. The Balaban J connectivity index is 2.11. The quantitative estimate of drug-likeness (QED) is 0.347. The van der Waals surface area contributed by atoms with Crippen LogP contribution < -0.4 is 9.62 Å². The number of hydrogen-bond donors (Lipinski definition) is 1. The highest BCUT2D eigenvalue weighted by molar-refractivity contribution is 7.92. The molecule has 2 amide bonds. The number of sulfonamides is 1. The summed E-state index contributed by atoms with van der Waals surface area (Å²) in [5, 5.41) is 3.64. The molecule has 1 atom stereocenters. The van der Waals surface area contributed by atoms with E-state index in [4.69, 9.17) is 23.2 Å². The lowest BCUT2D eigenvalue weighted by Crippen LogP contribution is -2.56. The summed E-state index contributed by atoms with van der Waals surface area (Å²) in [6.07, 6.45) is 1.23. The van der Waals surface area contributed by atoms with Gasteiger partial charge >= 0.3 is 0 Å². The lowest BCUT2D eigenvalue weighted by Gasteiger charge is -2.35. The summed E-state index contributed by atoms with van der Waals surface area (Å²) in [4.78, 5) is 29.1. The van der Waals surface area contributed by atoms with Crippen LogP contribution in [0.25, 0.3) is 0 Å². The van der Waals surface area contributed by atoms with Crippen molar-refractivity contribution in [3.05, 3.63) is 100 Å². The van der Waals surface area contributed by atoms with Crippen LogP contribution in [0.2, 0.25) is 10.0 Å². The van der Waals surface area contributed by atoms with Crippen LogP contribution in [-0.2, 0) is 32.6 Å². The summed E-state index contributed by atoms with van der Waals surface area (Å²) in [5.74, 6) is -0.959. The molecule has 0 aliphatic carbocycles. The van der Waals surface area contributed by atoms with Crippen molar-refractivity contribution in [2.45, 2.75) is 45.3 Å². The first-order valence-corrected chi connectivity index (χ1v) is 15.0. The predicted molar refractivity (Wildman–Crippen MR) is 157 cm³/mol. The molecule has 0 saturated heterocycles. The Hall–Kier alpha value is -3.07. The van der Waals surface area contributed by atoms with E-state index in [1.165, 1.54) is 4.90 Å². The van der Waals surface area contributed by atoms with Crippen molar-refractivity contribution < 1.29 is 18.0 Å². The first-order chi connectivity index (χ1) is 18.3. The monoisotopic (exact) mass is 589 g/mol. The minimum atomic E-state index is -3.84. The average molecular weight is 591 g/mol. The summed E-state index contributed by atoms with van der Waals surface area (Å²) < 4.78 is 26.6. The number of hydrogen-bond acceptors (Lipinski definition) is 4. The fraction of sp³-hybridized carbons (Fsp3) is 0.310. The predicted octanol–water partition coefficient (Wildman–Crippen LogP) is 5.31. The number of nitrogens with one attached hydrogen (secondary N) is 1. The van der Waals surface area contributed by atoms with Gasteiger partial charge in [0.25, 0.3) is 0 Å². The Bertz CT molecular complexity index is 1370. The fourth-order valence-electron chi connectivity index (χ4n) is 4.07. The van der Waals surface area contributed by atoms with Crippen LogP contribution in [-0.4, -0.2) is 49.5 Å². The topological polar surface area (TPSA) is 86.8 Å². The molecule has 0 aliphatic rings. The molecule has 3 rings (SSSR count). The molecule has 208 valence electrons. The van der Waals surface area contributed by atoms with Crippen LogP contribution in [0.15, 0.2) is 78.9 Å². The third kappa shape index (κ3) is 8.71. The zero-order valence-corrected chi connectivity index (χ0v) is 24.7. The molecule has 0 unspecified atom stereocenters. The van der Waals surface area contributed by atoms with Gasteiger partial charge in [0, 0.05) is 34.1 Å². The molecule has 0 spiro atoms. The van der Waals surface area contributed by atoms with Gasteiger partial charge in [-0.05, 0) is 50.6 Å². The molecule has 0 aliphatic heterocycles. The van der Waals surface area contributed by atoms with Crippen molar-refractivity contribution in [2.24, 2.45) is 0 Å². The minimum absolute atomic E-state index is 0.0984. The highest BCUT2D eigenvalue weighted by Crippen LogP contribution is 2.28. The smallest absolute Gasteiger partial charge is 0.244 e. The third-order valence-corrected chi connectivity index (χ3v) is 7.73. The van der Waals surface area contributed by atoms with Crippen molar-refractivity contribution in [1.82, 2.24) is 10.2 Å². The normalized spacial score (nSPS) is 12.5. The van der Waals surface area contributed by atoms with E-state index >= 15 is 0 Å². The van der Waals surface area contributed by atoms with Gasteiger partial charge in [0.1, 0.15) is 12.6 Å². The number of amides is 2. The molecular weight excluding hydrogens is 557 g/mol. The highest BCUT2D eigenvalue weighted by atomic mass is 35.5. The number of benzene rings is 3. The van der Waals surface area contributed by atoms with E-state index in [1.54, 1.807) is 48.5 Å². The molecule has 0 heterocycles. The second kappa shape index (κ2) is 12.9. The zero-order valence-electron chi connectivity index (χ0n) is 22.4. The van der Waals surface area contributed by atoms with Gasteiger partial charge in [-0.2, -0.15) is 0 Å². The van der Waals surface area contributed by atoms with E-state index in [1.807, 2.05) is 51.1 Å². The fourth-order valence-corrected chi connectivity index (χ4v) is 5.44. The molecule has 0 aromatic heterocycles.